The molecule has 2 rings (SSSR count). The molecule has 0 amide bonds. The summed E-state index contributed by atoms with van der Waals surface area (Å²) in [5, 5.41) is 12.1. The fourth-order valence-corrected chi connectivity index (χ4v) is 2.05. The molecule has 2 fully saturated rings. The van der Waals surface area contributed by atoms with Crippen molar-refractivity contribution in [3.05, 3.63) is 0 Å². The third-order valence-electron chi connectivity index (χ3n) is 2.84. The Morgan fingerprint density at radius 1 is 1.50 bits per heavy atom. The Hall–Kier alpha value is -0.280. The second kappa shape index (κ2) is 3.23. The lowest BCUT2D eigenvalue weighted by Crippen LogP contribution is -2.49. The van der Waals surface area contributed by atoms with Gasteiger partial charge in [-0.15, -0.1) is 12.4 Å². The zero-order valence-corrected chi connectivity index (χ0v) is 7.69. The van der Waals surface area contributed by atoms with Gasteiger partial charge >= 0.3 is 5.97 Å². The van der Waals surface area contributed by atoms with Crippen LogP contribution in [0, 0.1) is 5.92 Å². The van der Waals surface area contributed by atoms with Gasteiger partial charge in [-0.3, -0.25) is 4.79 Å². The molecule has 0 bridgehead atoms. The van der Waals surface area contributed by atoms with E-state index < -0.39 is 11.5 Å². The van der Waals surface area contributed by atoms with Crippen LogP contribution in [0.2, 0.25) is 0 Å². The molecule has 1 heterocycles. The first-order chi connectivity index (χ1) is 5.26. The van der Waals surface area contributed by atoms with Gasteiger partial charge in [-0.05, 0) is 38.1 Å². The minimum Gasteiger partial charge on any atom is -0.480 e. The first-order valence-electron chi connectivity index (χ1n) is 4.24. The Bertz CT molecular complexity index is 185. The van der Waals surface area contributed by atoms with Gasteiger partial charge in [-0.25, -0.2) is 0 Å². The van der Waals surface area contributed by atoms with Gasteiger partial charge in [-0.2, -0.15) is 0 Å². The number of carboxylic acids is 1. The van der Waals surface area contributed by atoms with Crippen molar-refractivity contribution >= 4 is 18.4 Å². The Morgan fingerprint density at radius 2 is 2.17 bits per heavy atom. The normalized spacial score (nSPS) is 34.3. The van der Waals surface area contributed by atoms with Gasteiger partial charge < -0.3 is 10.4 Å². The maximum atomic E-state index is 10.9. The monoisotopic (exact) mass is 191 g/mol. The van der Waals surface area contributed by atoms with Crippen molar-refractivity contribution in [1.29, 1.82) is 0 Å². The quantitative estimate of drug-likeness (QED) is 0.686. The second-order valence-corrected chi connectivity index (χ2v) is 3.58. The number of halogens is 1. The molecule has 0 aromatic rings. The zero-order valence-electron chi connectivity index (χ0n) is 6.88. The first-order valence-corrected chi connectivity index (χ1v) is 4.24. The average molecular weight is 192 g/mol. The molecule has 12 heavy (non-hydrogen) atoms. The SMILES string of the molecule is Cl.O=C(O)[C@@]1(C2CC2)CCCN1. The molecular weight excluding hydrogens is 178 g/mol. The van der Waals surface area contributed by atoms with E-state index in [1.54, 1.807) is 0 Å². The van der Waals surface area contributed by atoms with Gasteiger partial charge in [-0.1, -0.05) is 0 Å². The summed E-state index contributed by atoms with van der Waals surface area (Å²) in [6.45, 7) is 0.878. The molecular formula is C8H14ClNO2. The van der Waals surface area contributed by atoms with E-state index in [0.717, 1.165) is 32.2 Å². The maximum absolute atomic E-state index is 10.9. The van der Waals surface area contributed by atoms with E-state index >= 15 is 0 Å². The highest BCUT2D eigenvalue weighted by molar-refractivity contribution is 5.85. The molecule has 1 saturated carbocycles. The fourth-order valence-electron chi connectivity index (χ4n) is 2.05. The zero-order chi connectivity index (χ0) is 7.90. The molecule has 4 heteroatoms. The van der Waals surface area contributed by atoms with Crippen LogP contribution in [0.5, 0.6) is 0 Å². The van der Waals surface area contributed by atoms with E-state index in [9.17, 15) is 4.79 Å². The van der Waals surface area contributed by atoms with Gasteiger partial charge in [0.05, 0.1) is 0 Å². The van der Waals surface area contributed by atoms with E-state index in [-0.39, 0.29) is 12.4 Å². The smallest absolute Gasteiger partial charge is 0.324 e. The lowest BCUT2D eigenvalue weighted by atomic mass is 9.92. The van der Waals surface area contributed by atoms with Crippen molar-refractivity contribution < 1.29 is 9.90 Å². The molecule has 0 spiro atoms. The Morgan fingerprint density at radius 3 is 2.50 bits per heavy atom. The van der Waals surface area contributed by atoms with Gasteiger partial charge in [0, 0.05) is 0 Å². The van der Waals surface area contributed by atoms with Crippen LogP contribution in [0.3, 0.4) is 0 Å². The van der Waals surface area contributed by atoms with Gasteiger partial charge in [0.15, 0.2) is 0 Å². The van der Waals surface area contributed by atoms with E-state index in [1.807, 2.05) is 0 Å². The maximum Gasteiger partial charge on any atom is 0.324 e. The molecule has 1 aliphatic carbocycles. The summed E-state index contributed by atoms with van der Waals surface area (Å²) >= 11 is 0. The molecule has 1 saturated heterocycles. The molecule has 2 aliphatic rings. The van der Waals surface area contributed by atoms with Crippen molar-refractivity contribution in [1.82, 2.24) is 5.32 Å². The number of rotatable bonds is 2. The van der Waals surface area contributed by atoms with Crippen molar-refractivity contribution in [2.45, 2.75) is 31.2 Å². The summed E-state index contributed by atoms with van der Waals surface area (Å²) in [6.07, 6.45) is 4.04. The molecule has 0 radical (unpaired) electrons. The number of hydrogen-bond donors (Lipinski definition) is 2. The van der Waals surface area contributed by atoms with E-state index in [1.165, 1.54) is 0 Å². The van der Waals surface area contributed by atoms with Crippen LogP contribution in [0.4, 0.5) is 0 Å². The minimum atomic E-state index is -0.641. The van der Waals surface area contributed by atoms with Gasteiger partial charge in [0.2, 0.25) is 0 Å². The summed E-state index contributed by atoms with van der Waals surface area (Å²) in [5.41, 5.74) is -0.528. The molecule has 0 aromatic heterocycles. The van der Waals surface area contributed by atoms with E-state index in [2.05, 4.69) is 5.32 Å². The van der Waals surface area contributed by atoms with Gasteiger partial charge in [0.25, 0.3) is 0 Å². The fraction of sp³-hybridized carbons (Fsp3) is 0.875. The molecule has 2 N–H and O–H groups in total. The van der Waals surface area contributed by atoms with Crippen LogP contribution in [0.25, 0.3) is 0 Å². The van der Waals surface area contributed by atoms with Crippen LogP contribution in [0.15, 0.2) is 0 Å². The number of carbonyl (C=O) groups is 1. The summed E-state index contributed by atoms with van der Waals surface area (Å²) in [7, 11) is 0. The average Bonchev–Trinajstić information content (AvgIpc) is 2.69. The number of hydrogen-bond acceptors (Lipinski definition) is 2. The minimum absolute atomic E-state index is 0. The highest BCUT2D eigenvalue weighted by atomic mass is 35.5. The number of nitrogens with one attached hydrogen (secondary N) is 1. The molecule has 0 unspecified atom stereocenters. The molecule has 70 valence electrons. The summed E-state index contributed by atoms with van der Waals surface area (Å²) in [6, 6.07) is 0. The van der Waals surface area contributed by atoms with Crippen LogP contribution < -0.4 is 5.32 Å². The van der Waals surface area contributed by atoms with Gasteiger partial charge in [0.1, 0.15) is 5.54 Å². The van der Waals surface area contributed by atoms with E-state index in [4.69, 9.17) is 5.11 Å². The largest absolute Gasteiger partial charge is 0.480 e. The summed E-state index contributed by atoms with van der Waals surface area (Å²) < 4.78 is 0. The summed E-state index contributed by atoms with van der Waals surface area (Å²) in [5.74, 6) is -0.222. The molecule has 0 aromatic carbocycles. The Kier molecular flexibility index (Phi) is 2.64. The van der Waals surface area contributed by atoms with Crippen LogP contribution in [0.1, 0.15) is 25.7 Å². The number of aliphatic carboxylic acids is 1. The van der Waals surface area contributed by atoms with Crippen molar-refractivity contribution in [2.75, 3.05) is 6.54 Å². The molecule has 1 aliphatic heterocycles. The third kappa shape index (κ3) is 1.31. The standard InChI is InChI=1S/C8H13NO2.ClH/c10-7(11)8(6-2-3-6)4-1-5-9-8;/h6,9H,1-5H2,(H,10,11);1H/t8-;/m0./s1. The van der Waals surface area contributed by atoms with Crippen LogP contribution in [-0.4, -0.2) is 23.2 Å². The van der Waals surface area contributed by atoms with Crippen LogP contribution in [-0.2, 0) is 4.79 Å². The third-order valence-corrected chi connectivity index (χ3v) is 2.84. The predicted molar refractivity (Wildman–Crippen MR) is 47.6 cm³/mol. The van der Waals surface area contributed by atoms with E-state index in [0.29, 0.717) is 5.92 Å². The predicted octanol–water partition coefficient (Wildman–Crippen LogP) is 1.02. The Labute approximate surface area is 77.9 Å². The van der Waals surface area contributed by atoms with Crippen molar-refractivity contribution in [3.63, 3.8) is 0 Å². The number of carboxylic acid groups (broad SMARTS) is 1. The van der Waals surface area contributed by atoms with Crippen molar-refractivity contribution in [2.24, 2.45) is 5.92 Å². The molecule has 1 atom stereocenters. The second-order valence-electron chi connectivity index (χ2n) is 3.58. The highest BCUT2D eigenvalue weighted by Gasteiger charge is 2.52. The van der Waals surface area contributed by atoms with Crippen molar-refractivity contribution in [3.8, 4) is 0 Å². The molecule has 3 nitrogen and oxygen atoms in total. The summed E-state index contributed by atoms with van der Waals surface area (Å²) in [4.78, 5) is 10.9. The lowest BCUT2D eigenvalue weighted by molar-refractivity contribution is -0.145. The lowest BCUT2D eigenvalue weighted by Gasteiger charge is -2.23. The Balaban J connectivity index is 0.000000720. The first kappa shape index (κ1) is 9.81. The topological polar surface area (TPSA) is 49.3 Å². The highest BCUT2D eigenvalue weighted by Crippen LogP contribution is 2.44. The van der Waals surface area contributed by atoms with Crippen LogP contribution >= 0.6 is 12.4 Å².